The second kappa shape index (κ2) is 16.1. The maximum atomic E-state index is 13.0. The summed E-state index contributed by atoms with van der Waals surface area (Å²) in [6, 6.07) is 29.1. The number of rotatable bonds is 14. The first kappa shape index (κ1) is 31.3. The van der Waals surface area contributed by atoms with Crippen LogP contribution in [0.5, 0.6) is 0 Å². The van der Waals surface area contributed by atoms with Crippen molar-refractivity contribution >= 4 is 11.9 Å². The average Bonchev–Trinajstić information content (AvgIpc) is 3.04. The minimum atomic E-state index is -1.39. The summed E-state index contributed by atoms with van der Waals surface area (Å²) in [7, 11) is 3.88. The van der Waals surface area contributed by atoms with Crippen LogP contribution in [-0.4, -0.2) is 64.5 Å². The van der Waals surface area contributed by atoms with Gasteiger partial charge in [0, 0.05) is 7.11 Å². The molecule has 224 valence electrons. The van der Waals surface area contributed by atoms with Gasteiger partial charge in [-0.2, -0.15) is 0 Å². The van der Waals surface area contributed by atoms with Gasteiger partial charge >= 0.3 is 11.9 Å². The normalized spacial score (nSPS) is 22.0. The Balaban J connectivity index is 1.68. The molecule has 0 N–H and O–H groups in total. The summed E-state index contributed by atoms with van der Waals surface area (Å²) >= 11 is 0. The Labute approximate surface area is 246 Å². The zero-order valence-electron chi connectivity index (χ0n) is 24.1. The summed E-state index contributed by atoms with van der Waals surface area (Å²) < 4.78 is 41.3. The van der Waals surface area contributed by atoms with Crippen molar-refractivity contribution in [2.45, 2.75) is 44.4 Å². The van der Waals surface area contributed by atoms with Crippen LogP contribution in [0.15, 0.2) is 91.0 Å². The molecule has 3 aromatic carbocycles. The highest BCUT2D eigenvalue weighted by molar-refractivity contribution is 5.95. The number of benzene rings is 3. The van der Waals surface area contributed by atoms with E-state index in [1.165, 1.54) is 21.3 Å². The Bertz CT molecular complexity index is 1210. The monoisotopic (exact) mass is 578 g/mol. The summed E-state index contributed by atoms with van der Waals surface area (Å²) in [6.45, 7) is 0.930. The third-order valence-corrected chi connectivity index (χ3v) is 7.18. The van der Waals surface area contributed by atoms with Crippen LogP contribution in [0.1, 0.15) is 16.7 Å². The lowest BCUT2D eigenvalue weighted by molar-refractivity contribution is -0.306. The van der Waals surface area contributed by atoms with Crippen molar-refractivity contribution in [2.24, 2.45) is 11.8 Å². The summed E-state index contributed by atoms with van der Waals surface area (Å²) in [5, 5.41) is 0. The molecule has 1 aliphatic heterocycles. The number of hydrogen-bond donors (Lipinski definition) is 0. The van der Waals surface area contributed by atoms with Crippen molar-refractivity contribution in [3.63, 3.8) is 0 Å². The number of hydrogen-bond acceptors (Lipinski definition) is 9. The highest BCUT2D eigenvalue weighted by Gasteiger charge is 2.55. The van der Waals surface area contributed by atoms with E-state index in [9.17, 15) is 9.59 Å². The third-order valence-electron chi connectivity index (χ3n) is 7.18. The van der Waals surface area contributed by atoms with E-state index in [4.69, 9.17) is 33.2 Å². The minimum absolute atomic E-state index is 0.146. The maximum absolute atomic E-state index is 13.0. The van der Waals surface area contributed by atoms with Crippen molar-refractivity contribution in [3.05, 3.63) is 108 Å². The molecule has 0 spiro atoms. The van der Waals surface area contributed by atoms with Crippen LogP contribution in [0.3, 0.4) is 0 Å². The fourth-order valence-electron chi connectivity index (χ4n) is 5.09. The van der Waals surface area contributed by atoms with Crippen molar-refractivity contribution in [2.75, 3.05) is 27.9 Å². The molecule has 1 heterocycles. The van der Waals surface area contributed by atoms with E-state index in [0.29, 0.717) is 6.61 Å². The molecule has 1 aliphatic rings. The van der Waals surface area contributed by atoms with E-state index >= 15 is 0 Å². The van der Waals surface area contributed by atoms with Crippen LogP contribution in [0.2, 0.25) is 0 Å². The molecule has 0 amide bonds. The molecule has 3 unspecified atom stereocenters. The predicted octanol–water partition coefficient (Wildman–Crippen LogP) is 4.32. The standard InChI is InChI=1S/C33H38O9/c1-36-31(34)28(32(35)37-2)27-30(41-21-25-17-11-6-12-18-25)29(40-20-24-15-9-5-10-16-24)26(42-33(27)38-3)22-39-19-23-13-7-4-8-14-23/h4-18,26-30,33H,19-22H2,1-3H3/t26?,27?,29-,30?,33-/m1/s1. The highest BCUT2D eigenvalue weighted by atomic mass is 16.7. The molecule has 9 heteroatoms. The van der Waals surface area contributed by atoms with E-state index in [1.54, 1.807) is 0 Å². The Kier molecular flexibility index (Phi) is 12.0. The van der Waals surface area contributed by atoms with Crippen LogP contribution >= 0.6 is 0 Å². The Morgan fingerprint density at radius 1 is 0.667 bits per heavy atom. The van der Waals surface area contributed by atoms with Crippen molar-refractivity contribution in [1.29, 1.82) is 0 Å². The summed E-state index contributed by atoms with van der Waals surface area (Å²) in [5.74, 6) is -3.91. The van der Waals surface area contributed by atoms with E-state index in [2.05, 4.69) is 0 Å². The fraction of sp³-hybridized carbons (Fsp3) is 0.394. The highest BCUT2D eigenvalue weighted by Crippen LogP contribution is 2.38. The molecule has 3 aromatic rings. The summed E-state index contributed by atoms with van der Waals surface area (Å²) in [5.41, 5.74) is 2.85. The van der Waals surface area contributed by atoms with Gasteiger partial charge in [-0.3, -0.25) is 9.59 Å². The molecule has 1 saturated heterocycles. The Hall–Kier alpha value is -3.60. The van der Waals surface area contributed by atoms with Gasteiger partial charge in [0.05, 0.1) is 52.7 Å². The molecule has 0 saturated carbocycles. The number of esters is 2. The van der Waals surface area contributed by atoms with Gasteiger partial charge in [0.15, 0.2) is 12.2 Å². The first-order valence-electron chi connectivity index (χ1n) is 13.8. The van der Waals surface area contributed by atoms with Gasteiger partial charge in [0.25, 0.3) is 0 Å². The second-order valence-corrected chi connectivity index (χ2v) is 9.90. The molecule has 0 radical (unpaired) electrons. The maximum Gasteiger partial charge on any atom is 0.320 e. The molecular weight excluding hydrogens is 540 g/mol. The van der Waals surface area contributed by atoms with Gasteiger partial charge in [-0.25, -0.2) is 0 Å². The van der Waals surface area contributed by atoms with Gasteiger partial charge < -0.3 is 33.2 Å². The quantitative estimate of drug-likeness (QED) is 0.205. The van der Waals surface area contributed by atoms with E-state index in [-0.39, 0.29) is 19.8 Å². The fourth-order valence-corrected chi connectivity index (χ4v) is 5.09. The van der Waals surface area contributed by atoms with Crippen LogP contribution < -0.4 is 0 Å². The van der Waals surface area contributed by atoms with Crippen LogP contribution in [0, 0.1) is 11.8 Å². The topological polar surface area (TPSA) is 98.8 Å². The SMILES string of the molecule is COC(=O)C(C(=O)OC)C1C(OCc2ccccc2)[C@H](OCc2ccccc2)C(COCc2ccccc2)O[C@H]1OC. The Morgan fingerprint density at radius 2 is 1.12 bits per heavy atom. The number of carbonyl (C=O) groups is 2. The van der Waals surface area contributed by atoms with Gasteiger partial charge in [0.1, 0.15) is 12.2 Å². The summed E-state index contributed by atoms with van der Waals surface area (Å²) in [4.78, 5) is 26.1. The van der Waals surface area contributed by atoms with E-state index in [1.807, 2.05) is 91.0 Å². The van der Waals surface area contributed by atoms with Gasteiger partial charge in [-0.15, -0.1) is 0 Å². The van der Waals surface area contributed by atoms with Gasteiger partial charge in [0.2, 0.25) is 0 Å². The van der Waals surface area contributed by atoms with Crippen molar-refractivity contribution in [3.8, 4) is 0 Å². The first-order valence-corrected chi connectivity index (χ1v) is 13.8. The van der Waals surface area contributed by atoms with Crippen molar-refractivity contribution < 1.29 is 42.7 Å². The van der Waals surface area contributed by atoms with Crippen molar-refractivity contribution in [1.82, 2.24) is 0 Å². The van der Waals surface area contributed by atoms with Crippen LogP contribution in [0.4, 0.5) is 0 Å². The third kappa shape index (κ3) is 8.24. The van der Waals surface area contributed by atoms with Gasteiger partial charge in [-0.05, 0) is 16.7 Å². The molecule has 0 bridgehead atoms. The number of ether oxygens (including phenoxy) is 7. The largest absolute Gasteiger partial charge is 0.468 e. The lowest BCUT2D eigenvalue weighted by atomic mass is 9.80. The lowest BCUT2D eigenvalue weighted by Gasteiger charge is -2.47. The first-order chi connectivity index (χ1) is 20.5. The molecule has 1 fully saturated rings. The molecule has 9 nitrogen and oxygen atoms in total. The Morgan fingerprint density at radius 3 is 1.57 bits per heavy atom. The number of carbonyl (C=O) groups excluding carboxylic acids is 2. The average molecular weight is 579 g/mol. The molecule has 0 aromatic heterocycles. The predicted molar refractivity (Wildman–Crippen MR) is 153 cm³/mol. The zero-order valence-corrected chi connectivity index (χ0v) is 24.1. The summed E-state index contributed by atoms with van der Waals surface area (Å²) in [6.07, 6.45) is -3.29. The molecule has 42 heavy (non-hydrogen) atoms. The zero-order chi connectivity index (χ0) is 29.7. The molecule has 0 aliphatic carbocycles. The lowest BCUT2D eigenvalue weighted by Crippen LogP contribution is -2.61. The van der Waals surface area contributed by atoms with Gasteiger partial charge in [-0.1, -0.05) is 91.0 Å². The molecule has 5 atom stereocenters. The van der Waals surface area contributed by atoms with Crippen LogP contribution in [-0.2, 0) is 62.6 Å². The van der Waals surface area contributed by atoms with E-state index in [0.717, 1.165) is 16.7 Å². The smallest absolute Gasteiger partial charge is 0.320 e. The molecule has 4 rings (SSSR count). The molecular formula is C33H38O9. The second-order valence-electron chi connectivity index (χ2n) is 9.90. The van der Waals surface area contributed by atoms with E-state index < -0.39 is 48.4 Å². The minimum Gasteiger partial charge on any atom is -0.468 e. The van der Waals surface area contributed by atoms with Crippen LogP contribution in [0.25, 0.3) is 0 Å². The number of methoxy groups -OCH3 is 3.